The highest BCUT2D eigenvalue weighted by atomic mass is 35.5. The van der Waals surface area contributed by atoms with Crippen molar-refractivity contribution in [3.8, 4) is 11.5 Å². The molecule has 0 spiro atoms. The fourth-order valence-corrected chi connectivity index (χ4v) is 4.70. The Kier molecular flexibility index (Phi) is 9.70. The fourth-order valence-electron chi connectivity index (χ4n) is 4.24. The van der Waals surface area contributed by atoms with Gasteiger partial charge in [-0.3, -0.25) is 9.59 Å². The second-order valence-corrected chi connectivity index (χ2v) is 10.1. The van der Waals surface area contributed by atoms with E-state index in [9.17, 15) is 14.4 Å². The Morgan fingerprint density at radius 3 is 2.59 bits per heavy atom. The van der Waals surface area contributed by atoms with Crippen LogP contribution in [0.2, 0.25) is 10.0 Å². The number of benzene rings is 3. The van der Waals surface area contributed by atoms with Gasteiger partial charge in [-0.25, -0.2) is 9.69 Å². The van der Waals surface area contributed by atoms with Crippen LogP contribution in [0, 0.1) is 6.92 Å². The molecule has 1 fully saturated rings. The smallest absolute Gasteiger partial charge is 0.329 e. The van der Waals surface area contributed by atoms with E-state index in [1.807, 2.05) is 26.0 Å². The van der Waals surface area contributed by atoms with Crippen molar-refractivity contribution in [2.45, 2.75) is 26.9 Å². The third-order valence-corrected chi connectivity index (χ3v) is 6.67. The van der Waals surface area contributed by atoms with Crippen molar-refractivity contribution in [1.29, 1.82) is 0 Å². The molecule has 1 aliphatic heterocycles. The van der Waals surface area contributed by atoms with Crippen molar-refractivity contribution in [1.82, 2.24) is 10.2 Å². The molecule has 2 N–H and O–H groups in total. The lowest BCUT2D eigenvalue weighted by Crippen LogP contribution is -2.38. The molecule has 1 saturated heterocycles. The topological polar surface area (TPSA) is 97.0 Å². The molecule has 1 heterocycles. The van der Waals surface area contributed by atoms with Gasteiger partial charge in [0.1, 0.15) is 18.8 Å². The monoisotopic (exact) mass is 593 g/mol. The van der Waals surface area contributed by atoms with E-state index < -0.39 is 24.4 Å². The van der Waals surface area contributed by atoms with E-state index >= 15 is 0 Å². The van der Waals surface area contributed by atoms with Gasteiger partial charge in [0.25, 0.3) is 5.91 Å². The summed E-state index contributed by atoms with van der Waals surface area (Å²) in [7, 11) is 0. The summed E-state index contributed by atoms with van der Waals surface area (Å²) in [5, 5.41) is 6.27. The Bertz CT molecular complexity index is 1540. The van der Waals surface area contributed by atoms with Crippen LogP contribution < -0.4 is 20.1 Å². The van der Waals surface area contributed by atoms with Gasteiger partial charge in [-0.2, -0.15) is 0 Å². The van der Waals surface area contributed by atoms with Crippen LogP contribution in [0.3, 0.4) is 0 Å². The van der Waals surface area contributed by atoms with Crippen LogP contribution in [-0.2, 0) is 22.6 Å². The second-order valence-electron chi connectivity index (χ2n) is 9.25. The molecule has 212 valence electrons. The maximum absolute atomic E-state index is 13.1. The van der Waals surface area contributed by atoms with Crippen LogP contribution in [0.4, 0.5) is 10.5 Å². The predicted molar refractivity (Wildman–Crippen MR) is 160 cm³/mol. The Morgan fingerprint density at radius 1 is 1.07 bits per heavy atom. The zero-order chi connectivity index (χ0) is 29.5. The van der Waals surface area contributed by atoms with Crippen LogP contribution in [-0.4, -0.2) is 35.9 Å². The fraction of sp³-hybridized carbons (Fsp3) is 0.194. The minimum absolute atomic E-state index is 0.0342. The molecule has 0 aromatic heterocycles. The first kappa shape index (κ1) is 29.7. The van der Waals surface area contributed by atoms with Gasteiger partial charge < -0.3 is 20.1 Å². The highest BCUT2D eigenvalue weighted by Crippen LogP contribution is 2.36. The highest BCUT2D eigenvalue weighted by molar-refractivity contribution is 6.35. The summed E-state index contributed by atoms with van der Waals surface area (Å²) < 4.78 is 12.0. The van der Waals surface area contributed by atoms with Crippen LogP contribution >= 0.6 is 23.2 Å². The van der Waals surface area contributed by atoms with Gasteiger partial charge in [0.15, 0.2) is 11.5 Å². The quantitative estimate of drug-likeness (QED) is 0.149. The van der Waals surface area contributed by atoms with Crippen molar-refractivity contribution in [2.75, 3.05) is 18.5 Å². The lowest BCUT2D eigenvalue weighted by Gasteiger charge is -2.17. The first-order valence-corrected chi connectivity index (χ1v) is 13.6. The second kappa shape index (κ2) is 13.4. The van der Waals surface area contributed by atoms with Gasteiger partial charge >= 0.3 is 6.03 Å². The summed E-state index contributed by atoms with van der Waals surface area (Å²) in [5.74, 6) is -0.143. The van der Waals surface area contributed by atoms with E-state index in [0.29, 0.717) is 45.8 Å². The number of allylic oxidation sites excluding steroid dienone is 1. The van der Waals surface area contributed by atoms with Gasteiger partial charge in [-0.15, -0.1) is 6.58 Å². The molecule has 3 aromatic rings. The van der Waals surface area contributed by atoms with Crippen LogP contribution in [0.5, 0.6) is 11.5 Å². The molecule has 3 aromatic carbocycles. The van der Waals surface area contributed by atoms with Crippen molar-refractivity contribution in [3.05, 3.63) is 105 Å². The highest BCUT2D eigenvalue weighted by Gasteiger charge is 2.35. The first-order chi connectivity index (χ1) is 19.7. The largest absolute Gasteiger partial charge is 0.490 e. The van der Waals surface area contributed by atoms with Crippen molar-refractivity contribution in [3.63, 3.8) is 0 Å². The zero-order valence-corrected chi connectivity index (χ0v) is 24.1. The molecule has 0 radical (unpaired) electrons. The number of hydrogen-bond donors (Lipinski definition) is 2. The molecule has 41 heavy (non-hydrogen) atoms. The lowest BCUT2D eigenvalue weighted by molar-refractivity contribution is -0.127. The Balaban J connectivity index is 1.56. The van der Waals surface area contributed by atoms with E-state index in [1.165, 1.54) is 6.08 Å². The number of ether oxygens (including phenoxy) is 2. The zero-order valence-electron chi connectivity index (χ0n) is 22.6. The van der Waals surface area contributed by atoms with Crippen LogP contribution in [0.15, 0.2) is 72.9 Å². The number of amides is 4. The summed E-state index contributed by atoms with van der Waals surface area (Å²) >= 11 is 12.3. The minimum atomic E-state index is -0.684. The molecule has 10 heteroatoms. The van der Waals surface area contributed by atoms with E-state index in [0.717, 1.165) is 21.6 Å². The molecule has 4 rings (SSSR count). The van der Waals surface area contributed by atoms with Gasteiger partial charge in [-0.1, -0.05) is 47.5 Å². The summed E-state index contributed by atoms with van der Waals surface area (Å²) in [4.78, 5) is 39.1. The summed E-state index contributed by atoms with van der Waals surface area (Å²) in [6.45, 7) is 7.70. The number of imide groups is 1. The third-order valence-electron chi connectivity index (χ3n) is 6.08. The van der Waals surface area contributed by atoms with Crippen LogP contribution in [0.25, 0.3) is 6.08 Å². The van der Waals surface area contributed by atoms with Crippen molar-refractivity contribution >= 4 is 52.8 Å². The first-order valence-electron chi connectivity index (χ1n) is 12.9. The van der Waals surface area contributed by atoms with E-state index in [1.54, 1.807) is 48.5 Å². The molecule has 0 bridgehead atoms. The maximum atomic E-state index is 13.1. The van der Waals surface area contributed by atoms with E-state index in [4.69, 9.17) is 32.7 Å². The van der Waals surface area contributed by atoms with Crippen LogP contribution in [0.1, 0.15) is 29.2 Å². The molecule has 0 aliphatic carbocycles. The summed E-state index contributed by atoms with van der Waals surface area (Å²) in [5.41, 5.74) is 3.69. The third kappa shape index (κ3) is 7.48. The molecule has 0 unspecified atom stereocenters. The molecular formula is C31H29Cl2N3O5. The summed E-state index contributed by atoms with van der Waals surface area (Å²) in [6, 6.07) is 15.3. The minimum Gasteiger partial charge on any atom is -0.490 e. The number of rotatable bonds is 11. The molecule has 0 atom stereocenters. The molecule has 8 nitrogen and oxygen atoms in total. The average molecular weight is 594 g/mol. The van der Waals surface area contributed by atoms with Crippen molar-refractivity contribution in [2.24, 2.45) is 0 Å². The Hall–Kier alpha value is -4.27. The van der Waals surface area contributed by atoms with Crippen molar-refractivity contribution < 1.29 is 23.9 Å². The Morgan fingerprint density at radius 2 is 1.88 bits per heavy atom. The number of urea groups is 1. The average Bonchev–Trinajstić information content (AvgIpc) is 3.16. The van der Waals surface area contributed by atoms with Gasteiger partial charge in [-0.05, 0) is 73.9 Å². The number of nitrogens with zero attached hydrogens (tertiary/aromatic N) is 1. The predicted octanol–water partition coefficient (Wildman–Crippen LogP) is 6.54. The van der Waals surface area contributed by atoms with Gasteiger partial charge in [0.2, 0.25) is 5.91 Å². The maximum Gasteiger partial charge on any atom is 0.329 e. The SMILES string of the molecule is C=CCc1cc(/C=C2/NC(=O)N(CC(=O)Nc3cccc(C)c3)C2=O)cc(OCC)c1OCc1ccc(Cl)cc1Cl. The van der Waals surface area contributed by atoms with E-state index in [-0.39, 0.29) is 12.3 Å². The lowest BCUT2D eigenvalue weighted by atomic mass is 10.0. The number of carbonyl (C=O) groups excluding carboxylic acids is 3. The Labute approximate surface area is 248 Å². The standard InChI is InChI=1S/C31H29Cl2N3O5/c1-4-7-21-13-20(15-27(40-5-2)29(21)41-18-22-10-11-23(32)16-25(22)33)14-26-30(38)36(31(39)35-26)17-28(37)34-24-9-6-8-19(3)12-24/h4,6,8-16H,1,5,7,17-18H2,2-3H3,(H,34,37)(H,35,39)/b26-14+. The number of nitrogens with one attached hydrogen (secondary N) is 2. The number of aryl methyl sites for hydroxylation is 1. The molecule has 0 saturated carbocycles. The molecule has 4 amide bonds. The molecular weight excluding hydrogens is 565 g/mol. The number of carbonyl (C=O) groups is 3. The van der Waals surface area contributed by atoms with E-state index in [2.05, 4.69) is 17.2 Å². The number of halogens is 2. The number of hydrogen-bond acceptors (Lipinski definition) is 5. The van der Waals surface area contributed by atoms with Gasteiger partial charge in [0.05, 0.1) is 6.61 Å². The normalized spacial score (nSPS) is 13.8. The van der Waals surface area contributed by atoms with Gasteiger partial charge in [0, 0.05) is 26.9 Å². The number of anilines is 1. The summed E-state index contributed by atoms with van der Waals surface area (Å²) in [6.07, 6.45) is 3.71. The molecule has 1 aliphatic rings.